The molecule has 2 aliphatic carbocycles. The van der Waals surface area contributed by atoms with Crippen molar-refractivity contribution in [3.05, 3.63) is 204 Å². The van der Waals surface area contributed by atoms with Gasteiger partial charge in [-0.05, 0) is 118 Å². The van der Waals surface area contributed by atoms with Crippen molar-refractivity contribution in [3.8, 4) is 16.8 Å². The number of fused-ring (bicyclic) bond motifs is 10. The molecule has 1 spiro atoms. The van der Waals surface area contributed by atoms with Crippen LogP contribution in [0.2, 0.25) is 0 Å². The van der Waals surface area contributed by atoms with Crippen molar-refractivity contribution in [3.63, 3.8) is 0 Å². The minimum absolute atomic E-state index is 0.109. The highest BCUT2D eigenvalue weighted by Crippen LogP contribution is 2.56. The molecule has 2 nitrogen and oxygen atoms in total. The summed E-state index contributed by atoms with van der Waals surface area (Å²) in [4.78, 5) is 2.45. The predicted octanol–water partition coefficient (Wildman–Crippen LogP) is 12.6. The second-order valence-electron chi connectivity index (χ2n) is 14.3. The second kappa shape index (κ2) is 11.0. The van der Waals surface area contributed by atoms with Crippen LogP contribution in [0.5, 0.6) is 0 Å². The van der Waals surface area contributed by atoms with Gasteiger partial charge < -0.3 is 9.47 Å². The van der Waals surface area contributed by atoms with E-state index in [1.165, 1.54) is 56.3 Å². The average molecular weight is 669 g/mol. The zero-order valence-corrected chi connectivity index (χ0v) is 28.4. The van der Waals surface area contributed by atoms with E-state index in [-0.39, 0.29) is 11.2 Å². The number of benzene rings is 8. The van der Waals surface area contributed by atoms with E-state index in [9.17, 15) is 4.39 Å². The van der Waals surface area contributed by atoms with Crippen molar-refractivity contribution in [1.29, 1.82) is 0 Å². The molecule has 0 atom stereocenters. The average Bonchev–Trinajstić information content (AvgIpc) is 3.83. The molecule has 0 bridgehead atoms. The molecule has 0 aliphatic heterocycles. The Morgan fingerprint density at radius 1 is 0.481 bits per heavy atom. The van der Waals surface area contributed by atoms with Crippen LogP contribution in [0.25, 0.3) is 49.4 Å². The van der Waals surface area contributed by atoms with Crippen LogP contribution in [0.1, 0.15) is 22.3 Å². The van der Waals surface area contributed by atoms with Gasteiger partial charge in [0.1, 0.15) is 5.82 Å². The number of para-hydroxylation sites is 1. The first-order chi connectivity index (χ1) is 25.7. The van der Waals surface area contributed by atoms with Gasteiger partial charge in [0.2, 0.25) is 0 Å². The first-order valence-electron chi connectivity index (χ1n) is 18.0. The second-order valence-corrected chi connectivity index (χ2v) is 14.3. The molecule has 1 aromatic heterocycles. The normalized spacial score (nSPS) is 13.9. The van der Waals surface area contributed by atoms with Crippen molar-refractivity contribution in [2.75, 3.05) is 4.90 Å². The van der Waals surface area contributed by atoms with E-state index >= 15 is 0 Å². The lowest BCUT2D eigenvalue weighted by molar-refractivity contribution is 0.563. The highest BCUT2D eigenvalue weighted by Gasteiger charge is 2.47. The van der Waals surface area contributed by atoms with Gasteiger partial charge in [0.05, 0.1) is 16.7 Å². The standard InChI is InChI=1S/C49H33FN2/c50-35-20-22-36(23-21-35)52-47-18-8-6-16-42(47)43-28-37(25-27-48(43)52)51(46-19-9-13-32-10-3-4-14-39(32)46)38-24-26-41-40-15-5-7-17-44(40)49(45(41)29-38)30-33-11-1-2-12-34(33)31-49/h1-29H,30-31H2. The van der Waals surface area contributed by atoms with E-state index in [0.717, 1.165) is 57.4 Å². The number of rotatable bonds is 4. The molecule has 8 aromatic carbocycles. The van der Waals surface area contributed by atoms with Crippen molar-refractivity contribution in [1.82, 2.24) is 4.57 Å². The van der Waals surface area contributed by atoms with Crippen LogP contribution in [0.15, 0.2) is 176 Å². The monoisotopic (exact) mass is 668 g/mol. The lowest BCUT2D eigenvalue weighted by Gasteiger charge is -2.30. The fourth-order valence-electron chi connectivity index (χ4n) is 9.38. The topological polar surface area (TPSA) is 8.17 Å². The molecule has 11 rings (SSSR count). The largest absolute Gasteiger partial charge is 0.310 e. The molecule has 9 aromatic rings. The molecule has 0 saturated carbocycles. The van der Waals surface area contributed by atoms with E-state index in [2.05, 4.69) is 161 Å². The Labute approximate surface area is 301 Å². The van der Waals surface area contributed by atoms with E-state index in [0.29, 0.717) is 0 Å². The van der Waals surface area contributed by atoms with Gasteiger partial charge in [-0.3, -0.25) is 0 Å². The predicted molar refractivity (Wildman–Crippen MR) is 213 cm³/mol. The summed E-state index contributed by atoms with van der Waals surface area (Å²) in [6.07, 6.45) is 2.00. The highest BCUT2D eigenvalue weighted by atomic mass is 19.1. The molecule has 0 amide bonds. The summed E-state index contributed by atoms with van der Waals surface area (Å²) >= 11 is 0. The Hall–Kier alpha value is -6.45. The third kappa shape index (κ3) is 4.17. The fourth-order valence-corrected chi connectivity index (χ4v) is 9.38. The molecular weight excluding hydrogens is 636 g/mol. The molecule has 0 radical (unpaired) electrons. The fraction of sp³-hybridized carbons (Fsp3) is 0.0612. The minimum Gasteiger partial charge on any atom is -0.310 e. The highest BCUT2D eigenvalue weighted by molar-refractivity contribution is 6.11. The minimum atomic E-state index is -0.238. The number of aromatic nitrogens is 1. The number of anilines is 3. The first-order valence-corrected chi connectivity index (χ1v) is 18.0. The van der Waals surface area contributed by atoms with Crippen molar-refractivity contribution in [2.24, 2.45) is 0 Å². The zero-order valence-electron chi connectivity index (χ0n) is 28.4. The first kappa shape index (κ1) is 29.3. The van der Waals surface area contributed by atoms with Gasteiger partial charge in [-0.15, -0.1) is 0 Å². The molecule has 1 heterocycles. The van der Waals surface area contributed by atoms with Crippen LogP contribution < -0.4 is 4.90 Å². The molecule has 0 fully saturated rings. The Morgan fingerprint density at radius 3 is 1.96 bits per heavy atom. The van der Waals surface area contributed by atoms with E-state index in [1.807, 2.05) is 12.1 Å². The van der Waals surface area contributed by atoms with Gasteiger partial charge in [0, 0.05) is 38.6 Å². The molecular formula is C49H33FN2. The summed E-state index contributed by atoms with van der Waals surface area (Å²) in [5.41, 5.74) is 14.8. The maximum absolute atomic E-state index is 14.0. The third-order valence-corrected chi connectivity index (χ3v) is 11.6. The quantitative estimate of drug-likeness (QED) is 0.181. The number of nitrogens with zero attached hydrogens (tertiary/aromatic N) is 2. The van der Waals surface area contributed by atoms with Gasteiger partial charge in [0.25, 0.3) is 0 Å². The van der Waals surface area contributed by atoms with Gasteiger partial charge in [-0.25, -0.2) is 4.39 Å². The summed E-state index contributed by atoms with van der Waals surface area (Å²) in [5, 5.41) is 4.72. The number of hydrogen-bond donors (Lipinski definition) is 0. The van der Waals surface area contributed by atoms with Crippen LogP contribution in [-0.2, 0) is 18.3 Å². The van der Waals surface area contributed by atoms with Crippen LogP contribution in [-0.4, -0.2) is 4.57 Å². The summed E-state index contributed by atoms with van der Waals surface area (Å²) in [7, 11) is 0. The Morgan fingerprint density at radius 2 is 1.12 bits per heavy atom. The lowest BCUT2D eigenvalue weighted by Crippen LogP contribution is -2.26. The van der Waals surface area contributed by atoms with Gasteiger partial charge in [-0.1, -0.05) is 109 Å². The third-order valence-electron chi connectivity index (χ3n) is 11.6. The number of halogens is 1. The van der Waals surface area contributed by atoms with E-state index in [4.69, 9.17) is 0 Å². The van der Waals surface area contributed by atoms with Crippen LogP contribution in [0.4, 0.5) is 21.5 Å². The molecule has 52 heavy (non-hydrogen) atoms. The van der Waals surface area contributed by atoms with Crippen molar-refractivity contribution < 1.29 is 4.39 Å². The van der Waals surface area contributed by atoms with E-state index in [1.54, 1.807) is 0 Å². The summed E-state index contributed by atoms with van der Waals surface area (Å²) < 4.78 is 16.3. The van der Waals surface area contributed by atoms with Crippen LogP contribution in [0, 0.1) is 5.82 Å². The van der Waals surface area contributed by atoms with Crippen molar-refractivity contribution >= 4 is 49.6 Å². The van der Waals surface area contributed by atoms with Gasteiger partial charge in [0.15, 0.2) is 0 Å². The smallest absolute Gasteiger partial charge is 0.123 e. The SMILES string of the molecule is Fc1ccc(-n2c3ccccc3c3cc(N(c4ccc5c(c4)C4(Cc6ccccc6C4)c4ccccc4-5)c4cccc5ccccc45)ccc32)cc1. The summed E-state index contributed by atoms with van der Waals surface area (Å²) in [5.74, 6) is -0.238. The molecule has 0 saturated heterocycles. The Bertz CT molecular complexity index is 2850. The molecule has 0 unspecified atom stereocenters. The molecule has 3 heteroatoms. The van der Waals surface area contributed by atoms with Crippen LogP contribution in [0.3, 0.4) is 0 Å². The summed E-state index contributed by atoms with van der Waals surface area (Å²) in [6, 6.07) is 62.6. The lowest BCUT2D eigenvalue weighted by atomic mass is 9.75. The zero-order chi connectivity index (χ0) is 34.4. The van der Waals surface area contributed by atoms with E-state index < -0.39 is 0 Å². The Balaban J connectivity index is 1.16. The van der Waals surface area contributed by atoms with Gasteiger partial charge in [-0.2, -0.15) is 0 Å². The maximum atomic E-state index is 14.0. The van der Waals surface area contributed by atoms with Crippen LogP contribution >= 0.6 is 0 Å². The molecule has 246 valence electrons. The number of hydrogen-bond acceptors (Lipinski definition) is 1. The molecule has 2 aliphatic rings. The van der Waals surface area contributed by atoms with Crippen molar-refractivity contribution in [2.45, 2.75) is 18.3 Å². The summed E-state index contributed by atoms with van der Waals surface area (Å²) in [6.45, 7) is 0. The Kier molecular flexibility index (Phi) is 6.21. The maximum Gasteiger partial charge on any atom is 0.123 e. The van der Waals surface area contributed by atoms with Gasteiger partial charge >= 0.3 is 0 Å². The molecule has 0 N–H and O–H groups in total.